The summed E-state index contributed by atoms with van der Waals surface area (Å²) in [4.78, 5) is 22.2. The Morgan fingerprint density at radius 2 is 2.22 bits per heavy atom. The molecule has 0 bridgehead atoms. The molecule has 1 aliphatic heterocycles. The van der Waals surface area contributed by atoms with Crippen molar-refractivity contribution in [3.05, 3.63) is 0 Å². The summed E-state index contributed by atoms with van der Waals surface area (Å²) in [7, 11) is 1.59. The number of aliphatic hydroxyl groups is 1. The molecule has 1 rings (SSSR count). The van der Waals surface area contributed by atoms with Crippen LogP contribution in [-0.2, 0) is 14.3 Å². The smallest absolute Gasteiger partial charge is 0.306 e. The number of ether oxygens (including phenoxy) is 1. The van der Waals surface area contributed by atoms with Crippen molar-refractivity contribution in [2.45, 2.75) is 37.5 Å². The first-order valence-corrected chi connectivity index (χ1v) is 5.82. The average Bonchev–Trinajstić information content (AvgIpc) is 2.72. The highest BCUT2D eigenvalue weighted by Crippen LogP contribution is 2.11. The monoisotopic (exact) mass is 260 g/mol. The maximum Gasteiger partial charge on any atom is 0.306 e. The Labute approximate surface area is 106 Å². The molecule has 0 saturated carbocycles. The van der Waals surface area contributed by atoms with Crippen molar-refractivity contribution in [3.63, 3.8) is 0 Å². The summed E-state index contributed by atoms with van der Waals surface area (Å²) in [6.45, 7) is 1.90. The molecule has 1 amide bonds. The number of carbonyl (C=O) groups is 2. The van der Waals surface area contributed by atoms with Gasteiger partial charge in [0.25, 0.3) is 0 Å². The topological polar surface area (TPSA) is 108 Å². The van der Waals surface area contributed by atoms with Gasteiger partial charge in [-0.1, -0.05) is 0 Å². The zero-order valence-electron chi connectivity index (χ0n) is 10.6. The zero-order chi connectivity index (χ0) is 13.8. The van der Waals surface area contributed by atoms with Crippen LogP contribution < -0.4 is 10.6 Å². The van der Waals surface area contributed by atoms with E-state index in [9.17, 15) is 14.7 Å². The Morgan fingerprint density at radius 1 is 1.56 bits per heavy atom. The molecule has 7 nitrogen and oxygen atoms in total. The molecule has 3 atom stereocenters. The van der Waals surface area contributed by atoms with Gasteiger partial charge in [0.2, 0.25) is 5.91 Å². The summed E-state index contributed by atoms with van der Waals surface area (Å²) >= 11 is 0. The van der Waals surface area contributed by atoms with Gasteiger partial charge in [0.1, 0.15) is 0 Å². The molecule has 0 aromatic rings. The lowest BCUT2D eigenvalue weighted by Crippen LogP contribution is -2.47. The summed E-state index contributed by atoms with van der Waals surface area (Å²) in [5.74, 6) is -1.35. The van der Waals surface area contributed by atoms with Crippen molar-refractivity contribution < 1.29 is 24.5 Å². The van der Waals surface area contributed by atoms with E-state index >= 15 is 0 Å². The fourth-order valence-electron chi connectivity index (χ4n) is 1.87. The highest BCUT2D eigenvalue weighted by molar-refractivity contribution is 5.82. The molecule has 3 unspecified atom stereocenters. The maximum absolute atomic E-state index is 11.8. The number of hydrogen-bond donors (Lipinski definition) is 4. The van der Waals surface area contributed by atoms with Crippen LogP contribution in [0.5, 0.6) is 0 Å². The number of nitrogens with one attached hydrogen (secondary N) is 2. The maximum atomic E-state index is 11.8. The number of aliphatic carboxylic acids is 1. The highest BCUT2D eigenvalue weighted by Gasteiger charge is 2.31. The summed E-state index contributed by atoms with van der Waals surface area (Å²) in [5.41, 5.74) is -1.44. The van der Waals surface area contributed by atoms with Crippen molar-refractivity contribution in [2.24, 2.45) is 0 Å². The van der Waals surface area contributed by atoms with Crippen LogP contribution in [0.3, 0.4) is 0 Å². The first-order chi connectivity index (χ1) is 8.34. The number of hydrogen-bond acceptors (Lipinski definition) is 5. The lowest BCUT2D eigenvalue weighted by Gasteiger charge is -2.22. The number of rotatable bonds is 6. The first kappa shape index (κ1) is 14.9. The summed E-state index contributed by atoms with van der Waals surface area (Å²) in [6.07, 6.45) is 0.176. The van der Waals surface area contributed by atoms with Gasteiger partial charge in [0, 0.05) is 20.2 Å². The normalized spacial score (nSPS) is 26.6. The van der Waals surface area contributed by atoms with Crippen molar-refractivity contribution in [3.8, 4) is 0 Å². The van der Waals surface area contributed by atoms with E-state index in [0.717, 1.165) is 0 Å². The number of carboxylic acid groups (broad SMARTS) is 1. The molecule has 104 valence electrons. The lowest BCUT2D eigenvalue weighted by molar-refractivity contribution is -0.142. The summed E-state index contributed by atoms with van der Waals surface area (Å²) in [5, 5.41) is 23.9. The number of methoxy groups -OCH3 is 1. The minimum Gasteiger partial charge on any atom is -0.481 e. The third kappa shape index (κ3) is 4.59. The Hall–Kier alpha value is -1.18. The second kappa shape index (κ2) is 6.12. The van der Waals surface area contributed by atoms with E-state index in [1.165, 1.54) is 6.92 Å². The van der Waals surface area contributed by atoms with Crippen molar-refractivity contribution >= 4 is 11.9 Å². The standard InChI is InChI=1S/C11H20N2O5/c1-11(17,4-9(14)15)6-13-10(16)8-3-7(18-2)5-12-8/h7-8,12,17H,3-6H2,1-2H3,(H,13,16)(H,14,15). The molecule has 0 aromatic heterocycles. The van der Waals surface area contributed by atoms with Crippen LogP contribution in [-0.4, -0.2) is 60.0 Å². The second-order valence-electron chi connectivity index (χ2n) is 4.84. The average molecular weight is 260 g/mol. The fraction of sp³-hybridized carbons (Fsp3) is 0.818. The van der Waals surface area contributed by atoms with Crippen molar-refractivity contribution in [1.29, 1.82) is 0 Å². The zero-order valence-corrected chi connectivity index (χ0v) is 10.6. The van der Waals surface area contributed by atoms with Gasteiger partial charge in [0.15, 0.2) is 0 Å². The van der Waals surface area contributed by atoms with Crippen molar-refractivity contribution in [2.75, 3.05) is 20.2 Å². The molecule has 1 saturated heterocycles. The van der Waals surface area contributed by atoms with E-state index in [-0.39, 0.29) is 24.6 Å². The molecule has 4 N–H and O–H groups in total. The van der Waals surface area contributed by atoms with Gasteiger partial charge in [-0.05, 0) is 13.3 Å². The minimum absolute atomic E-state index is 0.0141. The molecular formula is C11H20N2O5. The Kier molecular flexibility index (Phi) is 5.06. The highest BCUT2D eigenvalue weighted by atomic mass is 16.5. The van der Waals surface area contributed by atoms with E-state index < -0.39 is 18.0 Å². The molecule has 1 fully saturated rings. The third-order valence-corrected chi connectivity index (χ3v) is 2.92. The predicted octanol–water partition coefficient (Wildman–Crippen LogP) is -1.29. The van der Waals surface area contributed by atoms with Crippen LogP contribution in [0.15, 0.2) is 0 Å². The van der Waals surface area contributed by atoms with Crippen LogP contribution in [0.4, 0.5) is 0 Å². The number of carboxylic acids is 1. The van der Waals surface area contributed by atoms with Crippen LogP contribution in [0, 0.1) is 0 Å². The van der Waals surface area contributed by atoms with Gasteiger partial charge in [-0.3, -0.25) is 9.59 Å². The van der Waals surface area contributed by atoms with Crippen LogP contribution in [0.1, 0.15) is 19.8 Å². The van der Waals surface area contributed by atoms with E-state index in [1.807, 2.05) is 0 Å². The molecule has 7 heteroatoms. The number of carbonyl (C=O) groups excluding carboxylic acids is 1. The van der Waals surface area contributed by atoms with E-state index in [0.29, 0.717) is 13.0 Å². The minimum atomic E-state index is -1.44. The van der Waals surface area contributed by atoms with Gasteiger partial charge in [0.05, 0.1) is 24.2 Å². The van der Waals surface area contributed by atoms with E-state index in [1.54, 1.807) is 7.11 Å². The van der Waals surface area contributed by atoms with Gasteiger partial charge in [-0.15, -0.1) is 0 Å². The Bertz CT molecular complexity index is 319. The van der Waals surface area contributed by atoms with Crippen LogP contribution in [0.2, 0.25) is 0 Å². The molecule has 18 heavy (non-hydrogen) atoms. The Balaban J connectivity index is 2.35. The lowest BCUT2D eigenvalue weighted by atomic mass is 10.0. The summed E-state index contributed by atoms with van der Waals surface area (Å²) < 4.78 is 5.12. The molecule has 0 aromatic carbocycles. The fourth-order valence-corrected chi connectivity index (χ4v) is 1.87. The third-order valence-electron chi connectivity index (χ3n) is 2.92. The predicted molar refractivity (Wildman–Crippen MR) is 63.1 cm³/mol. The number of amides is 1. The largest absolute Gasteiger partial charge is 0.481 e. The van der Waals surface area contributed by atoms with Gasteiger partial charge in [-0.25, -0.2) is 0 Å². The Morgan fingerprint density at radius 3 is 2.72 bits per heavy atom. The van der Waals surface area contributed by atoms with Gasteiger partial charge >= 0.3 is 5.97 Å². The van der Waals surface area contributed by atoms with Crippen molar-refractivity contribution in [1.82, 2.24) is 10.6 Å². The second-order valence-corrected chi connectivity index (χ2v) is 4.84. The molecule has 0 spiro atoms. The SMILES string of the molecule is COC1CNC(C(=O)NCC(C)(O)CC(=O)O)C1. The van der Waals surface area contributed by atoms with E-state index in [4.69, 9.17) is 9.84 Å². The van der Waals surface area contributed by atoms with Gasteiger partial charge < -0.3 is 25.6 Å². The molecule has 1 heterocycles. The van der Waals surface area contributed by atoms with Crippen LogP contribution >= 0.6 is 0 Å². The first-order valence-electron chi connectivity index (χ1n) is 5.82. The summed E-state index contributed by atoms with van der Waals surface area (Å²) in [6, 6.07) is -0.351. The van der Waals surface area contributed by atoms with E-state index in [2.05, 4.69) is 10.6 Å². The molecule has 0 radical (unpaired) electrons. The van der Waals surface area contributed by atoms with Gasteiger partial charge in [-0.2, -0.15) is 0 Å². The quantitative estimate of drug-likeness (QED) is 0.473. The van der Waals surface area contributed by atoms with Crippen LogP contribution in [0.25, 0.3) is 0 Å². The molecular weight excluding hydrogens is 240 g/mol. The molecule has 1 aliphatic rings. The molecule has 0 aliphatic carbocycles.